The molecule has 0 aliphatic carbocycles. The normalized spacial score (nSPS) is 16.5. The molecule has 0 bridgehead atoms. The first-order valence-electron chi connectivity index (χ1n) is 6.53. The predicted octanol–water partition coefficient (Wildman–Crippen LogP) is 0.503. The Balaban J connectivity index is 2.14. The van der Waals surface area contributed by atoms with Crippen molar-refractivity contribution in [2.45, 2.75) is 6.04 Å². The van der Waals surface area contributed by atoms with Crippen LogP contribution in [0.15, 0.2) is 30.3 Å². The van der Waals surface area contributed by atoms with E-state index >= 15 is 0 Å². The van der Waals surface area contributed by atoms with Gasteiger partial charge in [-0.25, -0.2) is 4.79 Å². The van der Waals surface area contributed by atoms with Crippen molar-refractivity contribution in [3.8, 4) is 0 Å². The molecule has 4 amide bonds. The first-order chi connectivity index (χ1) is 10.4. The molecule has 1 atom stereocenters. The molecule has 0 aromatic heterocycles. The Kier molecular flexibility index (Phi) is 4.77. The number of amides is 4. The lowest BCUT2D eigenvalue weighted by Crippen LogP contribution is -2.57. The van der Waals surface area contributed by atoms with Gasteiger partial charge in [0.1, 0.15) is 6.04 Å². The summed E-state index contributed by atoms with van der Waals surface area (Å²) in [4.78, 5) is 49.1. The molecule has 1 fully saturated rings. The maximum Gasteiger partial charge on any atom is 0.325 e. The summed E-state index contributed by atoms with van der Waals surface area (Å²) in [5.74, 6) is -1.70. The summed E-state index contributed by atoms with van der Waals surface area (Å²) in [6.45, 7) is 0.299. The van der Waals surface area contributed by atoms with Crippen molar-refractivity contribution in [2.75, 3.05) is 20.1 Å². The van der Waals surface area contributed by atoms with Gasteiger partial charge in [0.25, 0.3) is 0 Å². The minimum Gasteiger partial charge on any atom is -0.336 e. The van der Waals surface area contributed by atoms with Crippen LogP contribution in [0.5, 0.6) is 0 Å². The van der Waals surface area contributed by atoms with Gasteiger partial charge in [-0.3, -0.25) is 19.3 Å². The molecular formula is C14H14ClN3O4. The second-order valence-electron chi connectivity index (χ2n) is 4.78. The number of urea groups is 1. The second kappa shape index (κ2) is 6.57. The number of rotatable bonds is 3. The Bertz CT molecular complexity index is 620. The van der Waals surface area contributed by atoms with E-state index in [1.807, 2.05) is 0 Å². The highest BCUT2D eigenvalue weighted by atomic mass is 35.5. The Hall–Kier alpha value is -2.41. The predicted molar refractivity (Wildman–Crippen MR) is 77.9 cm³/mol. The monoisotopic (exact) mass is 323 g/mol. The highest BCUT2D eigenvalue weighted by Crippen LogP contribution is 2.16. The number of halogens is 1. The minimum absolute atomic E-state index is 0.0604. The standard InChI is InChI=1S/C14H14ClN3O4/c1-17-7-8-18(13(21)12(17)20)14(22)16-10(11(15)19)9-5-3-2-4-6-9/h2-6,10H,7-8H2,1H3,(H,16,22). The van der Waals surface area contributed by atoms with Crippen LogP contribution in [0.2, 0.25) is 0 Å². The van der Waals surface area contributed by atoms with Crippen molar-refractivity contribution >= 4 is 34.7 Å². The molecule has 0 radical (unpaired) electrons. The van der Waals surface area contributed by atoms with E-state index in [2.05, 4.69) is 5.32 Å². The van der Waals surface area contributed by atoms with Crippen molar-refractivity contribution < 1.29 is 19.2 Å². The van der Waals surface area contributed by atoms with E-state index in [0.29, 0.717) is 5.56 Å². The fraction of sp³-hybridized carbons (Fsp3) is 0.286. The highest BCUT2D eigenvalue weighted by Gasteiger charge is 2.35. The molecular weight excluding hydrogens is 310 g/mol. The maximum absolute atomic E-state index is 12.2. The Labute approximate surface area is 131 Å². The van der Waals surface area contributed by atoms with Gasteiger partial charge in [-0.05, 0) is 17.2 Å². The number of nitrogens with zero attached hydrogens (tertiary/aromatic N) is 2. The number of benzene rings is 1. The highest BCUT2D eigenvalue weighted by molar-refractivity contribution is 6.64. The van der Waals surface area contributed by atoms with Crippen molar-refractivity contribution in [1.82, 2.24) is 15.1 Å². The van der Waals surface area contributed by atoms with Crippen molar-refractivity contribution in [1.29, 1.82) is 0 Å². The number of hydrogen-bond acceptors (Lipinski definition) is 4. The summed E-state index contributed by atoms with van der Waals surface area (Å²) in [7, 11) is 1.48. The summed E-state index contributed by atoms with van der Waals surface area (Å²) in [6.07, 6.45) is 0. The van der Waals surface area contributed by atoms with Crippen LogP contribution in [-0.2, 0) is 14.4 Å². The van der Waals surface area contributed by atoms with Crippen LogP contribution < -0.4 is 5.32 Å². The fourth-order valence-corrected chi connectivity index (χ4v) is 2.22. The van der Waals surface area contributed by atoms with E-state index in [0.717, 1.165) is 4.90 Å². The molecule has 0 spiro atoms. The molecule has 1 unspecified atom stereocenters. The van der Waals surface area contributed by atoms with E-state index in [9.17, 15) is 19.2 Å². The van der Waals surface area contributed by atoms with Crippen molar-refractivity contribution in [2.24, 2.45) is 0 Å². The molecule has 1 saturated heterocycles. The quantitative estimate of drug-likeness (QED) is 0.648. The van der Waals surface area contributed by atoms with Gasteiger partial charge < -0.3 is 10.2 Å². The van der Waals surface area contributed by atoms with E-state index in [4.69, 9.17) is 11.6 Å². The van der Waals surface area contributed by atoms with Gasteiger partial charge in [-0.2, -0.15) is 0 Å². The number of hydrogen-bond donors (Lipinski definition) is 1. The molecule has 7 nitrogen and oxygen atoms in total. The minimum atomic E-state index is -1.09. The van der Waals surface area contributed by atoms with E-state index in [1.165, 1.54) is 11.9 Å². The lowest BCUT2D eigenvalue weighted by Gasteiger charge is -2.30. The molecule has 1 heterocycles. The first-order valence-corrected chi connectivity index (χ1v) is 6.91. The lowest BCUT2D eigenvalue weighted by molar-refractivity contribution is -0.152. The number of likely N-dealkylation sites (N-methyl/N-ethyl adjacent to an activating group) is 1. The maximum atomic E-state index is 12.2. The average molecular weight is 324 g/mol. The van der Waals surface area contributed by atoms with Gasteiger partial charge in [-0.1, -0.05) is 30.3 Å². The summed E-state index contributed by atoms with van der Waals surface area (Å²) in [6, 6.07) is 6.48. The van der Waals surface area contributed by atoms with Gasteiger partial charge in [0.15, 0.2) is 0 Å². The van der Waals surface area contributed by atoms with Gasteiger partial charge in [0, 0.05) is 20.1 Å². The lowest BCUT2D eigenvalue weighted by atomic mass is 10.1. The van der Waals surface area contributed by atoms with Gasteiger partial charge >= 0.3 is 17.8 Å². The summed E-state index contributed by atoms with van der Waals surface area (Å²) in [5.41, 5.74) is 0.490. The zero-order valence-electron chi connectivity index (χ0n) is 11.8. The van der Waals surface area contributed by atoms with Crippen LogP contribution in [0, 0.1) is 0 Å². The molecule has 1 aromatic rings. The molecule has 22 heavy (non-hydrogen) atoms. The van der Waals surface area contributed by atoms with Gasteiger partial charge in [0.2, 0.25) is 5.24 Å². The van der Waals surface area contributed by atoms with E-state index in [1.54, 1.807) is 30.3 Å². The molecule has 0 saturated carbocycles. The Morgan fingerprint density at radius 2 is 1.77 bits per heavy atom. The third-order valence-corrected chi connectivity index (χ3v) is 3.52. The molecule has 1 N–H and O–H groups in total. The summed E-state index contributed by atoms with van der Waals surface area (Å²) in [5, 5.41) is 1.60. The largest absolute Gasteiger partial charge is 0.336 e. The Morgan fingerprint density at radius 3 is 2.36 bits per heavy atom. The van der Waals surface area contributed by atoms with Crippen molar-refractivity contribution in [3.63, 3.8) is 0 Å². The average Bonchev–Trinajstić information content (AvgIpc) is 2.50. The third-order valence-electron chi connectivity index (χ3n) is 3.31. The molecule has 1 aliphatic rings. The molecule has 2 rings (SSSR count). The number of nitrogens with one attached hydrogen (secondary N) is 1. The Morgan fingerprint density at radius 1 is 1.14 bits per heavy atom. The number of carbonyl (C=O) groups excluding carboxylic acids is 4. The number of imide groups is 1. The molecule has 116 valence electrons. The fourth-order valence-electron chi connectivity index (χ4n) is 2.04. The van der Waals surface area contributed by atoms with E-state index in [-0.39, 0.29) is 13.1 Å². The third kappa shape index (κ3) is 3.25. The zero-order chi connectivity index (χ0) is 16.3. The van der Waals surface area contributed by atoms with Crippen LogP contribution in [0.25, 0.3) is 0 Å². The number of piperazine rings is 1. The zero-order valence-corrected chi connectivity index (χ0v) is 12.5. The molecule has 1 aliphatic heterocycles. The van der Waals surface area contributed by atoms with Crippen LogP contribution in [-0.4, -0.2) is 53.0 Å². The second-order valence-corrected chi connectivity index (χ2v) is 5.15. The first kappa shape index (κ1) is 16.0. The summed E-state index contributed by atoms with van der Waals surface area (Å²) < 4.78 is 0. The van der Waals surface area contributed by atoms with Crippen LogP contribution in [0.1, 0.15) is 11.6 Å². The smallest absolute Gasteiger partial charge is 0.325 e. The summed E-state index contributed by atoms with van der Waals surface area (Å²) >= 11 is 5.52. The van der Waals surface area contributed by atoms with Gasteiger partial charge in [0.05, 0.1) is 0 Å². The van der Waals surface area contributed by atoms with Crippen molar-refractivity contribution in [3.05, 3.63) is 35.9 Å². The van der Waals surface area contributed by atoms with Crippen LogP contribution in [0.4, 0.5) is 4.79 Å². The van der Waals surface area contributed by atoms with Crippen LogP contribution >= 0.6 is 11.6 Å². The van der Waals surface area contributed by atoms with Crippen LogP contribution in [0.3, 0.4) is 0 Å². The van der Waals surface area contributed by atoms with Gasteiger partial charge in [-0.15, -0.1) is 0 Å². The molecule has 1 aromatic carbocycles. The molecule has 8 heteroatoms. The van der Waals surface area contributed by atoms with E-state index < -0.39 is 29.1 Å². The topological polar surface area (TPSA) is 86.8 Å². The SMILES string of the molecule is CN1CCN(C(=O)NC(C(=O)Cl)c2ccccc2)C(=O)C1=O. The number of carbonyl (C=O) groups is 4.